The molecule has 0 amide bonds. The molecule has 1 rings (SSSR count). The summed E-state index contributed by atoms with van der Waals surface area (Å²) in [6.07, 6.45) is 3.96. The van der Waals surface area contributed by atoms with Gasteiger partial charge in [0.1, 0.15) is 0 Å². The molecule has 0 N–H and O–H groups in total. The summed E-state index contributed by atoms with van der Waals surface area (Å²) >= 11 is 0. The maximum atomic E-state index is 9.39. The molecule has 1 heterocycles. The van der Waals surface area contributed by atoms with Gasteiger partial charge in [0.25, 0.3) is 6.47 Å². The Morgan fingerprint density at radius 1 is 1.25 bits per heavy atom. The van der Waals surface area contributed by atoms with Gasteiger partial charge >= 0.3 is 0 Å². The Morgan fingerprint density at radius 2 is 1.83 bits per heavy atom. The Kier molecular flexibility index (Phi) is 8.12. The number of rotatable bonds is 2. The molecule has 0 radical (unpaired) electrons. The zero-order chi connectivity index (χ0) is 9.23. The molecule has 0 aromatic carbocycles. The summed E-state index contributed by atoms with van der Waals surface area (Å²) in [4.78, 5) is 9.39. The number of carbonyl (C=O) groups excluding carboxylic acids is 1. The smallest absolute Gasteiger partial charge is 0.293 e. The molecule has 0 bridgehead atoms. The molecule has 1 fully saturated rings. The second-order valence-electron chi connectivity index (χ2n) is 2.95. The highest BCUT2D eigenvalue weighted by Gasteiger charge is 1.95. The summed E-state index contributed by atoms with van der Waals surface area (Å²) in [6.45, 7) is 6.05. The number of hydrogen-bond donors (Lipinski definition) is 0. The third-order valence-electron chi connectivity index (χ3n) is 1.41. The first kappa shape index (κ1) is 11.4. The summed E-state index contributed by atoms with van der Waals surface area (Å²) in [5, 5.41) is 0. The summed E-state index contributed by atoms with van der Waals surface area (Å²) < 4.78 is 9.43. The van der Waals surface area contributed by atoms with E-state index >= 15 is 0 Å². The SMILES string of the molecule is C1CCOCC1.CC(C)OC=O. The molecule has 1 saturated heterocycles. The third-order valence-corrected chi connectivity index (χ3v) is 1.41. The summed E-state index contributed by atoms with van der Waals surface area (Å²) in [5.41, 5.74) is 0. The van der Waals surface area contributed by atoms with E-state index in [2.05, 4.69) is 4.74 Å². The van der Waals surface area contributed by atoms with Crippen molar-refractivity contribution in [2.24, 2.45) is 0 Å². The van der Waals surface area contributed by atoms with E-state index in [1.807, 2.05) is 0 Å². The van der Waals surface area contributed by atoms with Crippen LogP contribution < -0.4 is 0 Å². The van der Waals surface area contributed by atoms with Gasteiger partial charge in [-0.2, -0.15) is 0 Å². The van der Waals surface area contributed by atoms with Crippen LogP contribution in [0.2, 0.25) is 0 Å². The van der Waals surface area contributed by atoms with Crippen molar-refractivity contribution < 1.29 is 14.3 Å². The molecule has 1 aliphatic rings. The fourth-order valence-electron chi connectivity index (χ4n) is 0.798. The Balaban J connectivity index is 0.000000202. The Hall–Kier alpha value is -0.570. The van der Waals surface area contributed by atoms with Crippen LogP contribution in [-0.4, -0.2) is 25.8 Å². The molecule has 0 atom stereocenters. The molecule has 0 aromatic heterocycles. The van der Waals surface area contributed by atoms with Crippen molar-refractivity contribution in [3.63, 3.8) is 0 Å². The van der Waals surface area contributed by atoms with Crippen molar-refractivity contribution in [3.05, 3.63) is 0 Å². The van der Waals surface area contributed by atoms with Gasteiger partial charge in [0.2, 0.25) is 0 Å². The Bertz CT molecular complexity index is 86.4. The number of hydrogen-bond acceptors (Lipinski definition) is 3. The highest BCUT2D eigenvalue weighted by molar-refractivity contribution is 5.37. The Morgan fingerprint density at radius 3 is 1.92 bits per heavy atom. The van der Waals surface area contributed by atoms with Gasteiger partial charge in [-0.15, -0.1) is 0 Å². The van der Waals surface area contributed by atoms with Crippen molar-refractivity contribution in [3.8, 4) is 0 Å². The lowest BCUT2D eigenvalue weighted by Gasteiger charge is -2.08. The first-order chi connectivity index (χ1) is 5.77. The van der Waals surface area contributed by atoms with E-state index in [1.54, 1.807) is 13.8 Å². The van der Waals surface area contributed by atoms with E-state index in [-0.39, 0.29) is 6.10 Å². The largest absolute Gasteiger partial charge is 0.465 e. The first-order valence-corrected chi connectivity index (χ1v) is 4.44. The molecule has 72 valence electrons. The molecule has 3 heteroatoms. The predicted octanol–water partition coefficient (Wildman–Crippen LogP) is 1.75. The zero-order valence-corrected chi connectivity index (χ0v) is 7.91. The predicted molar refractivity (Wildman–Crippen MR) is 47.0 cm³/mol. The van der Waals surface area contributed by atoms with Crippen molar-refractivity contribution in [2.75, 3.05) is 13.2 Å². The minimum atomic E-state index is 0.0301. The highest BCUT2D eigenvalue weighted by atomic mass is 16.5. The van der Waals surface area contributed by atoms with E-state index in [1.165, 1.54) is 19.3 Å². The van der Waals surface area contributed by atoms with Crippen LogP contribution in [0.15, 0.2) is 0 Å². The summed E-state index contributed by atoms with van der Waals surface area (Å²) in [5.74, 6) is 0. The molecular formula is C9H18O3. The second-order valence-corrected chi connectivity index (χ2v) is 2.95. The van der Waals surface area contributed by atoms with Crippen LogP contribution in [0.25, 0.3) is 0 Å². The second kappa shape index (κ2) is 8.53. The van der Waals surface area contributed by atoms with Gasteiger partial charge in [-0.25, -0.2) is 0 Å². The van der Waals surface area contributed by atoms with Crippen molar-refractivity contribution >= 4 is 6.47 Å². The molecule has 12 heavy (non-hydrogen) atoms. The van der Waals surface area contributed by atoms with Crippen LogP contribution in [-0.2, 0) is 14.3 Å². The monoisotopic (exact) mass is 174 g/mol. The minimum absolute atomic E-state index is 0.0301. The normalized spacial score (nSPS) is 16.2. The average molecular weight is 174 g/mol. The first-order valence-electron chi connectivity index (χ1n) is 4.44. The van der Waals surface area contributed by atoms with Gasteiger partial charge in [-0.05, 0) is 33.1 Å². The maximum absolute atomic E-state index is 9.39. The molecular weight excluding hydrogens is 156 g/mol. The van der Waals surface area contributed by atoms with Crippen LogP contribution in [0.3, 0.4) is 0 Å². The molecule has 0 aliphatic carbocycles. The fraction of sp³-hybridized carbons (Fsp3) is 0.889. The van der Waals surface area contributed by atoms with Crippen LogP contribution in [0, 0.1) is 0 Å². The molecule has 0 aromatic rings. The van der Waals surface area contributed by atoms with Crippen LogP contribution in [0.4, 0.5) is 0 Å². The van der Waals surface area contributed by atoms with E-state index < -0.39 is 0 Å². The average Bonchev–Trinajstić information content (AvgIpc) is 2.08. The topological polar surface area (TPSA) is 35.5 Å². The van der Waals surface area contributed by atoms with E-state index in [0.717, 1.165) is 13.2 Å². The van der Waals surface area contributed by atoms with Gasteiger partial charge in [-0.1, -0.05) is 0 Å². The van der Waals surface area contributed by atoms with Crippen LogP contribution in [0.1, 0.15) is 33.1 Å². The van der Waals surface area contributed by atoms with Crippen molar-refractivity contribution in [1.82, 2.24) is 0 Å². The lowest BCUT2D eigenvalue weighted by Crippen LogP contribution is -2.03. The fourth-order valence-corrected chi connectivity index (χ4v) is 0.798. The number of carbonyl (C=O) groups is 1. The molecule has 1 aliphatic heterocycles. The van der Waals surface area contributed by atoms with E-state index in [0.29, 0.717) is 6.47 Å². The van der Waals surface area contributed by atoms with Crippen LogP contribution >= 0.6 is 0 Å². The standard InChI is InChI=1S/C5H10O.C4H8O2/c1-2-4-6-5-3-1;1-4(2)6-3-5/h1-5H2;3-4H,1-2H3. The lowest BCUT2D eigenvalue weighted by molar-refractivity contribution is -0.131. The van der Waals surface area contributed by atoms with Gasteiger partial charge in [0, 0.05) is 13.2 Å². The molecule has 0 saturated carbocycles. The maximum Gasteiger partial charge on any atom is 0.293 e. The molecule has 0 spiro atoms. The van der Waals surface area contributed by atoms with Gasteiger partial charge in [0.15, 0.2) is 0 Å². The van der Waals surface area contributed by atoms with E-state index in [4.69, 9.17) is 4.74 Å². The third kappa shape index (κ3) is 9.43. The minimum Gasteiger partial charge on any atom is -0.465 e. The number of ether oxygens (including phenoxy) is 2. The van der Waals surface area contributed by atoms with Crippen molar-refractivity contribution in [2.45, 2.75) is 39.2 Å². The molecule has 3 nitrogen and oxygen atoms in total. The summed E-state index contributed by atoms with van der Waals surface area (Å²) in [7, 11) is 0. The highest BCUT2D eigenvalue weighted by Crippen LogP contribution is 2.02. The zero-order valence-electron chi connectivity index (χ0n) is 7.91. The van der Waals surface area contributed by atoms with Gasteiger partial charge in [-0.3, -0.25) is 4.79 Å². The quantitative estimate of drug-likeness (QED) is 0.598. The van der Waals surface area contributed by atoms with E-state index in [9.17, 15) is 4.79 Å². The van der Waals surface area contributed by atoms with Gasteiger partial charge in [0.05, 0.1) is 6.10 Å². The van der Waals surface area contributed by atoms with Gasteiger partial charge < -0.3 is 9.47 Å². The molecule has 0 unspecified atom stereocenters. The Labute approximate surface area is 74.0 Å². The van der Waals surface area contributed by atoms with Crippen LogP contribution in [0.5, 0.6) is 0 Å². The lowest BCUT2D eigenvalue weighted by atomic mass is 10.2. The summed E-state index contributed by atoms with van der Waals surface area (Å²) in [6, 6.07) is 0. The van der Waals surface area contributed by atoms with Crippen molar-refractivity contribution in [1.29, 1.82) is 0 Å².